The topological polar surface area (TPSA) is 143 Å². The number of hydrogen-bond acceptors (Lipinski definition) is 8. The van der Waals surface area contributed by atoms with Crippen molar-refractivity contribution in [2.45, 2.75) is 24.5 Å². The zero-order chi connectivity index (χ0) is 19.0. The van der Waals surface area contributed by atoms with Gasteiger partial charge in [-0.2, -0.15) is 0 Å². The van der Waals surface area contributed by atoms with Crippen molar-refractivity contribution in [1.82, 2.24) is 19.5 Å². The molecule has 4 rings (SSSR count). The lowest BCUT2D eigenvalue weighted by atomic mass is 10.1. The summed E-state index contributed by atoms with van der Waals surface area (Å²) in [7, 11) is 0. The Labute approximate surface area is 153 Å². The predicted octanol–water partition coefficient (Wildman–Crippen LogP) is -0.310. The summed E-state index contributed by atoms with van der Waals surface area (Å²) in [6.45, 7) is -0.436. The number of aromatic nitrogens is 4. The van der Waals surface area contributed by atoms with E-state index in [0.717, 1.165) is 0 Å². The fourth-order valence-corrected chi connectivity index (χ4v) is 3.01. The molecular weight excluding hydrogens is 354 g/mol. The minimum Gasteiger partial charge on any atom is -0.394 e. The van der Waals surface area contributed by atoms with E-state index in [1.165, 1.54) is 17.2 Å². The van der Waals surface area contributed by atoms with Gasteiger partial charge in [0.25, 0.3) is 5.91 Å². The molecule has 2 aromatic heterocycles. The molecule has 10 nitrogen and oxygen atoms in total. The van der Waals surface area contributed by atoms with Gasteiger partial charge in [0.1, 0.15) is 24.6 Å². The highest BCUT2D eigenvalue weighted by molar-refractivity contribution is 6.06. The molecule has 3 heterocycles. The summed E-state index contributed by atoms with van der Waals surface area (Å²) in [6, 6.07) is 8.65. The number of nitrogens with zero attached hydrogens (tertiary/aromatic N) is 4. The average Bonchev–Trinajstić information content (AvgIpc) is 3.25. The number of hydrogen-bond donors (Lipinski definition) is 4. The highest BCUT2D eigenvalue weighted by Gasteiger charge is 2.44. The van der Waals surface area contributed by atoms with Crippen molar-refractivity contribution in [3.8, 4) is 0 Å². The molecule has 1 fully saturated rings. The second-order valence-electron chi connectivity index (χ2n) is 6.10. The van der Waals surface area contributed by atoms with Crippen molar-refractivity contribution in [3.63, 3.8) is 0 Å². The first-order valence-corrected chi connectivity index (χ1v) is 8.26. The van der Waals surface area contributed by atoms with Crippen LogP contribution in [0.4, 0.5) is 5.82 Å². The first-order chi connectivity index (χ1) is 13.1. The number of aliphatic hydroxyl groups excluding tert-OH is 3. The number of amides is 1. The second-order valence-corrected chi connectivity index (χ2v) is 6.10. The number of fused-ring (bicyclic) bond motifs is 1. The Kier molecular flexibility index (Phi) is 4.54. The van der Waals surface area contributed by atoms with Gasteiger partial charge in [0, 0.05) is 5.56 Å². The molecule has 3 aromatic rings. The normalized spacial score (nSPS) is 25.0. The maximum atomic E-state index is 12.4. The van der Waals surface area contributed by atoms with Crippen LogP contribution in [0.25, 0.3) is 11.2 Å². The first-order valence-electron chi connectivity index (χ1n) is 8.26. The number of anilines is 1. The van der Waals surface area contributed by atoms with Crippen molar-refractivity contribution in [2.24, 2.45) is 0 Å². The highest BCUT2D eigenvalue weighted by Crippen LogP contribution is 2.32. The molecule has 1 aliphatic rings. The number of ether oxygens (including phenoxy) is 1. The highest BCUT2D eigenvalue weighted by atomic mass is 16.6. The van der Waals surface area contributed by atoms with Crippen LogP contribution in [-0.2, 0) is 4.74 Å². The van der Waals surface area contributed by atoms with Crippen molar-refractivity contribution in [1.29, 1.82) is 0 Å². The quantitative estimate of drug-likeness (QED) is 0.489. The zero-order valence-electron chi connectivity index (χ0n) is 14.0. The minimum atomic E-state index is -1.27. The van der Waals surface area contributed by atoms with Crippen molar-refractivity contribution in [2.75, 3.05) is 11.9 Å². The van der Waals surface area contributed by atoms with Gasteiger partial charge >= 0.3 is 0 Å². The van der Waals surface area contributed by atoms with E-state index in [1.54, 1.807) is 24.3 Å². The van der Waals surface area contributed by atoms with Crippen LogP contribution < -0.4 is 5.32 Å². The van der Waals surface area contributed by atoms with Crippen LogP contribution in [0.3, 0.4) is 0 Å². The van der Waals surface area contributed by atoms with Crippen LogP contribution in [-0.4, -0.2) is 65.7 Å². The number of carbonyl (C=O) groups excluding carboxylic acids is 1. The van der Waals surface area contributed by atoms with Gasteiger partial charge in [-0.1, -0.05) is 18.2 Å². The molecule has 1 amide bonds. The summed E-state index contributed by atoms with van der Waals surface area (Å²) in [5.74, 6) is -0.141. The SMILES string of the molecule is O=C(Nc1ncnc2c1ncn2[C@H]1O[C@@H](CO)[C@@H](O)[C@H]1O)c1ccccc1. The molecule has 1 aromatic carbocycles. The van der Waals surface area contributed by atoms with Crippen LogP contribution in [0.15, 0.2) is 43.0 Å². The number of aliphatic hydroxyl groups is 3. The number of rotatable bonds is 4. The summed E-state index contributed by atoms with van der Waals surface area (Å²) >= 11 is 0. The average molecular weight is 371 g/mol. The van der Waals surface area contributed by atoms with E-state index < -0.39 is 31.1 Å². The van der Waals surface area contributed by atoms with Crippen molar-refractivity contribution >= 4 is 22.9 Å². The molecule has 0 saturated carbocycles. The molecule has 0 spiro atoms. The molecule has 0 radical (unpaired) electrons. The number of carbonyl (C=O) groups is 1. The van der Waals surface area contributed by atoms with Gasteiger partial charge in [-0.15, -0.1) is 0 Å². The number of benzene rings is 1. The van der Waals surface area contributed by atoms with Crippen LogP contribution in [0, 0.1) is 0 Å². The van der Waals surface area contributed by atoms with E-state index in [9.17, 15) is 20.1 Å². The van der Waals surface area contributed by atoms with Crippen molar-refractivity contribution < 1.29 is 24.9 Å². The molecule has 0 unspecified atom stereocenters. The maximum absolute atomic E-state index is 12.4. The van der Waals surface area contributed by atoms with Gasteiger partial charge in [0.15, 0.2) is 23.2 Å². The Bertz CT molecular complexity index is 963. The van der Waals surface area contributed by atoms with Gasteiger partial charge < -0.3 is 25.4 Å². The fourth-order valence-electron chi connectivity index (χ4n) is 3.01. The monoisotopic (exact) mass is 371 g/mol. The van der Waals surface area contributed by atoms with E-state index >= 15 is 0 Å². The molecule has 140 valence electrons. The van der Waals surface area contributed by atoms with Gasteiger partial charge in [-0.05, 0) is 12.1 Å². The predicted molar refractivity (Wildman–Crippen MR) is 92.7 cm³/mol. The number of imidazole rings is 1. The zero-order valence-corrected chi connectivity index (χ0v) is 14.0. The lowest BCUT2D eigenvalue weighted by Gasteiger charge is -2.16. The standard InChI is InChI=1S/C17H17N5O5/c23-6-10-12(24)13(25)17(27-10)22-8-20-11-14(18-7-19-15(11)22)21-16(26)9-4-2-1-3-5-9/h1-5,7-8,10,12-13,17,23-25H,6H2,(H,18,19,21,26)/t10-,12+,13+,17-/m0/s1. The Balaban J connectivity index is 1.65. The third-order valence-corrected chi connectivity index (χ3v) is 4.42. The molecule has 4 atom stereocenters. The smallest absolute Gasteiger partial charge is 0.256 e. The Morgan fingerprint density at radius 1 is 1.15 bits per heavy atom. The molecule has 0 aliphatic carbocycles. The molecule has 27 heavy (non-hydrogen) atoms. The Morgan fingerprint density at radius 2 is 1.93 bits per heavy atom. The van der Waals surface area contributed by atoms with Crippen LogP contribution in [0.5, 0.6) is 0 Å². The lowest BCUT2D eigenvalue weighted by Crippen LogP contribution is -2.33. The third kappa shape index (κ3) is 3.04. The summed E-state index contributed by atoms with van der Waals surface area (Å²) in [5.41, 5.74) is 1.08. The largest absolute Gasteiger partial charge is 0.394 e. The molecule has 1 aliphatic heterocycles. The first kappa shape index (κ1) is 17.5. The van der Waals surface area contributed by atoms with Crippen molar-refractivity contribution in [3.05, 3.63) is 48.5 Å². The maximum Gasteiger partial charge on any atom is 0.256 e. The van der Waals surface area contributed by atoms with Crippen LogP contribution in [0.2, 0.25) is 0 Å². The molecule has 4 N–H and O–H groups in total. The van der Waals surface area contributed by atoms with E-state index in [-0.39, 0.29) is 11.7 Å². The van der Waals surface area contributed by atoms with Gasteiger partial charge in [-0.3, -0.25) is 9.36 Å². The molecular formula is C17H17N5O5. The van der Waals surface area contributed by atoms with Crippen LogP contribution in [0.1, 0.15) is 16.6 Å². The molecule has 0 bridgehead atoms. The van der Waals surface area contributed by atoms with Crippen LogP contribution >= 0.6 is 0 Å². The fraction of sp³-hybridized carbons (Fsp3) is 0.294. The molecule has 1 saturated heterocycles. The summed E-state index contributed by atoms with van der Waals surface area (Å²) in [5, 5.41) is 32.1. The summed E-state index contributed by atoms with van der Waals surface area (Å²) in [4.78, 5) is 24.8. The summed E-state index contributed by atoms with van der Waals surface area (Å²) < 4.78 is 6.93. The van der Waals surface area contributed by atoms with Gasteiger partial charge in [0.05, 0.1) is 12.9 Å². The number of nitrogens with one attached hydrogen (secondary N) is 1. The Hall–Kier alpha value is -2.92. The summed E-state index contributed by atoms with van der Waals surface area (Å²) in [6.07, 6.45) is -1.77. The van der Waals surface area contributed by atoms with Gasteiger partial charge in [0.2, 0.25) is 0 Å². The second kappa shape index (κ2) is 7.00. The van der Waals surface area contributed by atoms with E-state index in [2.05, 4.69) is 20.3 Å². The lowest BCUT2D eigenvalue weighted by molar-refractivity contribution is -0.0511. The Morgan fingerprint density at radius 3 is 2.63 bits per heavy atom. The third-order valence-electron chi connectivity index (χ3n) is 4.42. The van der Waals surface area contributed by atoms with E-state index in [0.29, 0.717) is 16.7 Å². The minimum absolute atomic E-state index is 0.208. The van der Waals surface area contributed by atoms with Gasteiger partial charge in [-0.25, -0.2) is 15.0 Å². The molecule has 10 heteroatoms. The van der Waals surface area contributed by atoms with E-state index in [4.69, 9.17) is 4.74 Å². The van der Waals surface area contributed by atoms with E-state index in [1.807, 2.05) is 6.07 Å².